The molecule has 5 nitrogen and oxygen atoms in total. The molecular formula is C16H22N2O3. The van der Waals surface area contributed by atoms with E-state index in [1.807, 2.05) is 38.1 Å². The van der Waals surface area contributed by atoms with Gasteiger partial charge in [0.1, 0.15) is 0 Å². The average Bonchev–Trinajstić information content (AvgIpc) is 2.82. The summed E-state index contributed by atoms with van der Waals surface area (Å²) in [5, 5.41) is 9.13. The van der Waals surface area contributed by atoms with Crippen LogP contribution in [0.2, 0.25) is 0 Å². The molecule has 1 saturated heterocycles. The van der Waals surface area contributed by atoms with Crippen molar-refractivity contribution in [3.8, 4) is 0 Å². The number of carbonyl (C=O) groups is 2. The van der Waals surface area contributed by atoms with E-state index >= 15 is 0 Å². The molecule has 0 aromatic heterocycles. The van der Waals surface area contributed by atoms with Crippen molar-refractivity contribution < 1.29 is 14.7 Å². The summed E-state index contributed by atoms with van der Waals surface area (Å²) in [5.74, 6) is -1.28. The Bertz CT molecular complexity index is 527. The predicted molar refractivity (Wildman–Crippen MR) is 80.0 cm³/mol. The Hall–Kier alpha value is -2.04. The van der Waals surface area contributed by atoms with Gasteiger partial charge in [-0.2, -0.15) is 0 Å². The van der Waals surface area contributed by atoms with Crippen LogP contribution in [0.3, 0.4) is 0 Å². The number of nitrogens with zero attached hydrogens (tertiary/aromatic N) is 2. The molecule has 0 aliphatic carbocycles. The Morgan fingerprint density at radius 2 is 1.95 bits per heavy atom. The Labute approximate surface area is 125 Å². The molecule has 0 bridgehead atoms. The highest BCUT2D eigenvalue weighted by atomic mass is 16.4. The first-order valence-electron chi connectivity index (χ1n) is 7.20. The molecule has 1 aliphatic heterocycles. The lowest BCUT2D eigenvalue weighted by Crippen LogP contribution is -2.44. The van der Waals surface area contributed by atoms with Crippen LogP contribution in [-0.4, -0.2) is 46.5 Å². The zero-order valence-corrected chi connectivity index (χ0v) is 12.7. The second-order valence-electron chi connectivity index (χ2n) is 5.79. The van der Waals surface area contributed by atoms with Crippen molar-refractivity contribution in [2.45, 2.75) is 32.9 Å². The van der Waals surface area contributed by atoms with Crippen LogP contribution in [0.4, 0.5) is 4.79 Å². The van der Waals surface area contributed by atoms with E-state index in [1.165, 1.54) is 5.56 Å². The van der Waals surface area contributed by atoms with Crippen LogP contribution < -0.4 is 0 Å². The van der Waals surface area contributed by atoms with Gasteiger partial charge in [0, 0.05) is 26.2 Å². The number of carbonyl (C=O) groups excluding carboxylic acids is 1. The monoisotopic (exact) mass is 290 g/mol. The molecule has 2 rings (SSSR count). The molecular weight excluding hydrogens is 268 g/mol. The Morgan fingerprint density at radius 3 is 2.48 bits per heavy atom. The third kappa shape index (κ3) is 3.35. The Balaban J connectivity index is 1.99. The standard InChI is InChI=1S/C16H22N2O3/c1-11-4-6-13(7-5-11)10-17(3)16(21)18-9-8-14(12(18)2)15(19)20/h4-7,12,14H,8-10H2,1-3H3,(H,19,20). The van der Waals surface area contributed by atoms with Gasteiger partial charge in [-0.05, 0) is 25.8 Å². The van der Waals surface area contributed by atoms with Crippen LogP contribution in [0.15, 0.2) is 24.3 Å². The van der Waals surface area contributed by atoms with E-state index < -0.39 is 11.9 Å². The van der Waals surface area contributed by atoms with Crippen molar-refractivity contribution >= 4 is 12.0 Å². The van der Waals surface area contributed by atoms with E-state index in [4.69, 9.17) is 5.11 Å². The third-order valence-corrected chi connectivity index (χ3v) is 4.18. The minimum Gasteiger partial charge on any atom is -0.481 e. The highest BCUT2D eigenvalue weighted by molar-refractivity contribution is 5.78. The fourth-order valence-corrected chi connectivity index (χ4v) is 2.79. The van der Waals surface area contributed by atoms with Gasteiger partial charge in [-0.3, -0.25) is 4.79 Å². The first kappa shape index (κ1) is 15.4. The van der Waals surface area contributed by atoms with Crippen LogP contribution in [0.25, 0.3) is 0 Å². The van der Waals surface area contributed by atoms with Gasteiger partial charge in [-0.15, -0.1) is 0 Å². The van der Waals surface area contributed by atoms with Crippen molar-refractivity contribution in [1.29, 1.82) is 0 Å². The summed E-state index contributed by atoms with van der Waals surface area (Å²) < 4.78 is 0. The first-order chi connectivity index (χ1) is 9.90. The first-order valence-corrected chi connectivity index (χ1v) is 7.20. The summed E-state index contributed by atoms with van der Waals surface area (Å²) in [6, 6.07) is 7.69. The van der Waals surface area contributed by atoms with Gasteiger partial charge in [0.15, 0.2) is 0 Å². The number of aryl methyl sites for hydroxylation is 1. The molecule has 114 valence electrons. The molecule has 5 heteroatoms. The smallest absolute Gasteiger partial charge is 0.320 e. The van der Waals surface area contributed by atoms with Crippen LogP contribution >= 0.6 is 0 Å². The van der Waals surface area contributed by atoms with Gasteiger partial charge < -0.3 is 14.9 Å². The summed E-state index contributed by atoms with van der Waals surface area (Å²) in [6.45, 7) is 4.87. The molecule has 1 aromatic carbocycles. The maximum atomic E-state index is 12.5. The third-order valence-electron chi connectivity index (χ3n) is 4.18. The van der Waals surface area contributed by atoms with Gasteiger partial charge in [-0.25, -0.2) is 4.79 Å². The number of benzene rings is 1. The fourth-order valence-electron chi connectivity index (χ4n) is 2.79. The molecule has 0 radical (unpaired) electrons. The molecule has 1 aliphatic rings. The van der Waals surface area contributed by atoms with E-state index in [0.29, 0.717) is 19.5 Å². The Morgan fingerprint density at radius 1 is 1.33 bits per heavy atom. The van der Waals surface area contributed by atoms with E-state index in [9.17, 15) is 9.59 Å². The topological polar surface area (TPSA) is 60.9 Å². The number of urea groups is 1. The molecule has 2 atom stereocenters. The summed E-state index contributed by atoms with van der Waals surface area (Å²) in [5.41, 5.74) is 2.25. The van der Waals surface area contributed by atoms with Gasteiger partial charge in [0.2, 0.25) is 0 Å². The number of rotatable bonds is 3. The molecule has 2 unspecified atom stereocenters. The number of amides is 2. The molecule has 1 N–H and O–H groups in total. The molecule has 1 heterocycles. The normalized spacial score (nSPS) is 21.4. The number of carboxylic acid groups (broad SMARTS) is 1. The second kappa shape index (κ2) is 6.16. The zero-order chi connectivity index (χ0) is 15.6. The Kier molecular flexibility index (Phi) is 4.50. The molecule has 0 spiro atoms. The van der Waals surface area contributed by atoms with Gasteiger partial charge in [-0.1, -0.05) is 29.8 Å². The minimum atomic E-state index is -0.820. The number of likely N-dealkylation sites (tertiary alicyclic amines) is 1. The van der Waals surface area contributed by atoms with E-state index in [-0.39, 0.29) is 12.1 Å². The van der Waals surface area contributed by atoms with Crippen LogP contribution in [0.5, 0.6) is 0 Å². The maximum Gasteiger partial charge on any atom is 0.320 e. The van der Waals surface area contributed by atoms with E-state index in [0.717, 1.165) is 5.56 Å². The van der Waals surface area contributed by atoms with Gasteiger partial charge in [0.25, 0.3) is 0 Å². The maximum absolute atomic E-state index is 12.5. The van der Waals surface area contributed by atoms with E-state index in [2.05, 4.69) is 0 Å². The summed E-state index contributed by atoms with van der Waals surface area (Å²) in [4.78, 5) is 26.9. The molecule has 1 fully saturated rings. The van der Waals surface area contributed by atoms with Crippen molar-refractivity contribution in [3.63, 3.8) is 0 Å². The van der Waals surface area contributed by atoms with Gasteiger partial charge in [0.05, 0.1) is 5.92 Å². The molecule has 2 amide bonds. The van der Waals surface area contributed by atoms with Crippen LogP contribution in [0, 0.1) is 12.8 Å². The zero-order valence-electron chi connectivity index (χ0n) is 12.7. The SMILES string of the molecule is Cc1ccc(CN(C)C(=O)N2CCC(C(=O)O)C2C)cc1. The van der Waals surface area contributed by atoms with Crippen molar-refractivity contribution in [1.82, 2.24) is 9.80 Å². The number of carboxylic acids is 1. The lowest BCUT2D eigenvalue weighted by Gasteiger charge is -2.28. The quantitative estimate of drug-likeness (QED) is 0.929. The average molecular weight is 290 g/mol. The highest BCUT2D eigenvalue weighted by Crippen LogP contribution is 2.25. The largest absolute Gasteiger partial charge is 0.481 e. The lowest BCUT2D eigenvalue weighted by atomic mass is 10.0. The highest BCUT2D eigenvalue weighted by Gasteiger charge is 2.39. The number of hydrogen-bond donors (Lipinski definition) is 1. The van der Waals surface area contributed by atoms with Crippen LogP contribution in [-0.2, 0) is 11.3 Å². The summed E-state index contributed by atoms with van der Waals surface area (Å²) in [7, 11) is 1.75. The summed E-state index contributed by atoms with van der Waals surface area (Å²) in [6.07, 6.45) is 0.528. The molecule has 1 aromatic rings. The fraction of sp³-hybridized carbons (Fsp3) is 0.500. The van der Waals surface area contributed by atoms with Crippen molar-refractivity contribution in [3.05, 3.63) is 35.4 Å². The number of hydrogen-bond acceptors (Lipinski definition) is 2. The van der Waals surface area contributed by atoms with Gasteiger partial charge >= 0.3 is 12.0 Å². The number of aliphatic carboxylic acids is 1. The molecule has 0 saturated carbocycles. The van der Waals surface area contributed by atoms with Crippen molar-refractivity contribution in [2.75, 3.05) is 13.6 Å². The minimum absolute atomic E-state index is 0.105. The van der Waals surface area contributed by atoms with E-state index in [1.54, 1.807) is 16.8 Å². The van der Waals surface area contributed by atoms with Crippen molar-refractivity contribution in [2.24, 2.45) is 5.92 Å². The summed E-state index contributed by atoms with van der Waals surface area (Å²) >= 11 is 0. The van der Waals surface area contributed by atoms with Crippen LogP contribution in [0.1, 0.15) is 24.5 Å². The molecule has 21 heavy (non-hydrogen) atoms. The predicted octanol–water partition coefficient (Wildman–Crippen LogP) is 2.34. The second-order valence-corrected chi connectivity index (χ2v) is 5.79. The lowest BCUT2D eigenvalue weighted by molar-refractivity contribution is -0.142.